The highest BCUT2D eigenvalue weighted by atomic mass is 16.6. The van der Waals surface area contributed by atoms with Crippen LogP contribution in [0.4, 0.5) is 0 Å². The number of esters is 2. The van der Waals surface area contributed by atoms with Crippen LogP contribution in [-0.2, 0) is 28.6 Å². The lowest BCUT2D eigenvalue weighted by molar-refractivity contribution is -0.887. The molecule has 0 aromatic rings. The Morgan fingerprint density at radius 1 is 0.508 bits per heavy atom. The van der Waals surface area contributed by atoms with Crippen molar-refractivity contribution in [3.63, 3.8) is 0 Å². The van der Waals surface area contributed by atoms with Gasteiger partial charge in [-0.05, 0) is 96.3 Å². The summed E-state index contributed by atoms with van der Waals surface area (Å²) < 4.78 is 17.2. The van der Waals surface area contributed by atoms with E-state index in [0.717, 1.165) is 89.9 Å². The van der Waals surface area contributed by atoms with Gasteiger partial charge in [-0.3, -0.25) is 9.59 Å². The van der Waals surface area contributed by atoms with Crippen LogP contribution in [-0.4, -0.2) is 80.6 Å². The highest BCUT2D eigenvalue weighted by Gasteiger charge is 2.31. The van der Waals surface area contributed by atoms with Gasteiger partial charge in [0.1, 0.15) is 6.61 Å². The van der Waals surface area contributed by atoms with Crippen molar-refractivity contribution in [2.24, 2.45) is 0 Å². The van der Waals surface area contributed by atoms with E-state index in [9.17, 15) is 19.5 Å². The summed E-state index contributed by atoms with van der Waals surface area (Å²) in [6.07, 6.45) is 57.4. The zero-order chi connectivity index (χ0) is 44.9. The third-order valence-electron chi connectivity index (χ3n) is 9.97. The van der Waals surface area contributed by atoms with E-state index in [-0.39, 0.29) is 42.7 Å². The van der Waals surface area contributed by atoms with Crippen molar-refractivity contribution in [3.8, 4) is 0 Å². The van der Waals surface area contributed by atoms with Crippen LogP contribution in [0.1, 0.15) is 168 Å². The molecular weight excluding hydrogens is 763 g/mol. The predicted octanol–water partition coefficient (Wildman–Crippen LogP) is 13.5. The first kappa shape index (κ1) is 57.2. The molecule has 0 saturated carbocycles. The van der Waals surface area contributed by atoms with E-state index in [1.807, 2.05) is 21.1 Å². The largest absolute Gasteiger partial charge is 0.477 e. The van der Waals surface area contributed by atoms with E-state index in [0.29, 0.717) is 19.3 Å². The van der Waals surface area contributed by atoms with Crippen LogP contribution in [0.3, 0.4) is 0 Å². The Morgan fingerprint density at radius 2 is 0.918 bits per heavy atom. The number of quaternary nitrogens is 1. The normalized spacial score (nSPS) is 13.8. The van der Waals surface area contributed by atoms with Crippen LogP contribution in [0, 0.1) is 0 Å². The van der Waals surface area contributed by atoms with Crippen molar-refractivity contribution in [1.82, 2.24) is 0 Å². The fraction of sp³-hybridized carbons (Fsp3) is 0.642. The molecule has 0 spiro atoms. The van der Waals surface area contributed by atoms with Gasteiger partial charge in [-0.15, -0.1) is 0 Å². The molecule has 0 aromatic heterocycles. The highest BCUT2D eigenvalue weighted by Crippen LogP contribution is 2.12. The SMILES string of the molecule is CC/C=C/C/C=C/C/C=C/CCCCCCCCC(=O)OCC(COCCC(C(=O)O)[N+](C)(C)C)OC(=O)CCCC/C=C/C/C=C/C/C=C/C/C=C/C/C=C/CCCCC. The van der Waals surface area contributed by atoms with Crippen LogP contribution in [0.2, 0.25) is 0 Å². The number of aliphatic carboxylic acids is 1. The molecule has 0 aliphatic heterocycles. The van der Waals surface area contributed by atoms with Crippen LogP contribution in [0.25, 0.3) is 0 Å². The van der Waals surface area contributed by atoms with Crippen molar-refractivity contribution in [2.75, 3.05) is 41.0 Å². The van der Waals surface area contributed by atoms with Crippen molar-refractivity contribution < 1.29 is 38.2 Å². The molecule has 0 aliphatic rings. The van der Waals surface area contributed by atoms with Gasteiger partial charge < -0.3 is 23.8 Å². The number of unbranched alkanes of at least 4 members (excludes halogenated alkanes) is 11. The summed E-state index contributed by atoms with van der Waals surface area (Å²) >= 11 is 0. The van der Waals surface area contributed by atoms with Gasteiger partial charge in [0.2, 0.25) is 0 Å². The number of allylic oxidation sites excluding steroid dienone is 16. The average Bonchev–Trinajstić information content (AvgIpc) is 3.22. The second-order valence-electron chi connectivity index (χ2n) is 16.6. The molecule has 346 valence electrons. The number of carbonyl (C=O) groups excluding carboxylic acids is 2. The number of carboxylic acids is 1. The molecule has 2 unspecified atom stereocenters. The molecule has 8 heteroatoms. The van der Waals surface area contributed by atoms with Crippen molar-refractivity contribution in [1.29, 1.82) is 0 Å². The lowest BCUT2D eigenvalue weighted by atomic mass is 10.1. The maximum absolute atomic E-state index is 12.8. The van der Waals surface area contributed by atoms with Gasteiger partial charge in [0.15, 0.2) is 12.1 Å². The molecule has 0 bridgehead atoms. The smallest absolute Gasteiger partial charge is 0.362 e. The Hall–Kier alpha value is -3.75. The number of hydrogen-bond acceptors (Lipinski definition) is 6. The first-order valence-electron chi connectivity index (χ1n) is 23.8. The molecule has 8 nitrogen and oxygen atoms in total. The number of nitrogens with zero attached hydrogens (tertiary/aromatic N) is 1. The maximum atomic E-state index is 12.8. The van der Waals surface area contributed by atoms with E-state index in [1.54, 1.807) is 0 Å². The van der Waals surface area contributed by atoms with Crippen LogP contribution in [0.5, 0.6) is 0 Å². The molecule has 2 atom stereocenters. The predicted molar refractivity (Wildman–Crippen MR) is 256 cm³/mol. The number of carboxylic acid groups (broad SMARTS) is 1. The van der Waals surface area contributed by atoms with E-state index in [1.165, 1.54) is 38.5 Å². The zero-order valence-electron chi connectivity index (χ0n) is 39.3. The van der Waals surface area contributed by atoms with Crippen LogP contribution >= 0.6 is 0 Å². The second kappa shape index (κ2) is 42.9. The maximum Gasteiger partial charge on any atom is 0.362 e. The van der Waals surface area contributed by atoms with E-state index in [2.05, 4.69) is 111 Å². The summed E-state index contributed by atoms with van der Waals surface area (Å²) in [6.45, 7) is 4.52. The number of carbonyl (C=O) groups is 3. The van der Waals surface area contributed by atoms with E-state index < -0.39 is 18.1 Å². The van der Waals surface area contributed by atoms with Crippen molar-refractivity contribution in [2.45, 2.75) is 180 Å². The van der Waals surface area contributed by atoms with Crippen molar-refractivity contribution in [3.05, 3.63) is 97.2 Å². The van der Waals surface area contributed by atoms with Crippen molar-refractivity contribution >= 4 is 17.9 Å². The summed E-state index contributed by atoms with van der Waals surface area (Å²) in [4.78, 5) is 37.1. The monoisotopic (exact) mass is 851 g/mol. The van der Waals surface area contributed by atoms with Gasteiger partial charge in [0, 0.05) is 19.3 Å². The van der Waals surface area contributed by atoms with Crippen LogP contribution in [0.15, 0.2) is 97.2 Å². The minimum atomic E-state index is -0.888. The molecule has 0 aliphatic carbocycles. The first-order chi connectivity index (χ1) is 29.6. The average molecular weight is 851 g/mol. The Labute approximate surface area is 373 Å². The first-order valence-corrected chi connectivity index (χ1v) is 23.8. The van der Waals surface area contributed by atoms with Gasteiger partial charge in [-0.2, -0.15) is 0 Å². The number of likely N-dealkylation sites (N-methyl/N-ethyl adjacent to an activating group) is 1. The van der Waals surface area contributed by atoms with Gasteiger partial charge in [-0.1, -0.05) is 150 Å². The van der Waals surface area contributed by atoms with E-state index >= 15 is 0 Å². The summed E-state index contributed by atoms with van der Waals surface area (Å²) in [7, 11) is 5.50. The molecule has 0 amide bonds. The van der Waals surface area contributed by atoms with Gasteiger partial charge >= 0.3 is 17.9 Å². The molecule has 61 heavy (non-hydrogen) atoms. The number of rotatable bonds is 41. The summed E-state index contributed by atoms with van der Waals surface area (Å²) in [5.74, 6) is -1.55. The molecule has 0 fully saturated rings. The lowest BCUT2D eigenvalue weighted by Crippen LogP contribution is -2.50. The molecule has 0 saturated heterocycles. The highest BCUT2D eigenvalue weighted by molar-refractivity contribution is 5.72. The van der Waals surface area contributed by atoms with Gasteiger partial charge in [0.05, 0.1) is 34.4 Å². The van der Waals surface area contributed by atoms with Crippen LogP contribution < -0.4 is 0 Å². The summed E-state index contributed by atoms with van der Waals surface area (Å²) in [6, 6.07) is -0.631. The minimum Gasteiger partial charge on any atom is -0.477 e. The van der Waals surface area contributed by atoms with Gasteiger partial charge in [0.25, 0.3) is 0 Å². The van der Waals surface area contributed by atoms with E-state index in [4.69, 9.17) is 14.2 Å². The molecule has 1 N–H and O–H groups in total. The third kappa shape index (κ3) is 41.4. The fourth-order valence-corrected chi connectivity index (χ4v) is 6.30. The minimum absolute atomic E-state index is 0.0330. The fourth-order valence-electron chi connectivity index (χ4n) is 6.30. The topological polar surface area (TPSA) is 99.1 Å². The molecule has 0 aromatic carbocycles. The Morgan fingerprint density at radius 3 is 1.39 bits per heavy atom. The lowest BCUT2D eigenvalue weighted by Gasteiger charge is -2.31. The Bertz CT molecular complexity index is 1310. The molecule has 0 rings (SSSR count). The number of hydrogen-bond donors (Lipinski definition) is 1. The third-order valence-corrected chi connectivity index (χ3v) is 9.97. The zero-order valence-corrected chi connectivity index (χ0v) is 39.3. The quantitative estimate of drug-likeness (QED) is 0.0283. The molecular formula is C53H88NO7+. The Balaban J connectivity index is 4.43. The van der Waals surface area contributed by atoms with Gasteiger partial charge in [-0.25, -0.2) is 4.79 Å². The Kier molecular flexibility index (Phi) is 40.3. The summed E-state index contributed by atoms with van der Waals surface area (Å²) in [5.41, 5.74) is 0. The molecule has 0 radical (unpaired) electrons. The summed E-state index contributed by atoms with van der Waals surface area (Å²) in [5, 5.41) is 9.64. The second-order valence-corrected chi connectivity index (χ2v) is 16.6. The number of ether oxygens (including phenoxy) is 3. The standard InChI is InChI=1S/C53H87NO7/c1-6-8-10-12-14-16-18-20-22-24-25-26-27-28-30-32-34-36-38-40-42-44-52(56)61-49(47-59-46-45-50(53(57)58)54(3,4)5)48-60-51(55)43-41-39-37-35-33-31-29-23-21-19-17-15-13-11-9-7-2/h9,11,14-17,20-23,25-26,28,30,34,36,49-50H,6-8,10,12-13,18-19,24,27,29,31-33,35,37-48H2,1-5H3/p+1/b11-9+,16-14+,17-15+,22-20+,23-21+,26-25+,30-28+,36-34+. The molecule has 0 heterocycles.